The van der Waals surface area contributed by atoms with Crippen LogP contribution in [0.15, 0.2) is 18.2 Å². The van der Waals surface area contributed by atoms with Crippen LogP contribution >= 0.6 is 0 Å². The molecule has 3 N–H and O–H groups in total. The van der Waals surface area contributed by atoms with Gasteiger partial charge in [0.25, 0.3) is 5.91 Å². The molecule has 1 aromatic carbocycles. The van der Waals surface area contributed by atoms with Gasteiger partial charge >= 0.3 is 0 Å². The van der Waals surface area contributed by atoms with Gasteiger partial charge in [-0.25, -0.2) is 0 Å². The molecule has 6 heteroatoms. The molecule has 0 spiro atoms. The first-order valence-electron chi connectivity index (χ1n) is 6.57. The van der Waals surface area contributed by atoms with Gasteiger partial charge in [-0.2, -0.15) is 0 Å². The number of nitrogens with one attached hydrogen (secondary N) is 2. The second-order valence-corrected chi connectivity index (χ2v) is 4.83. The zero-order valence-electron chi connectivity index (χ0n) is 11.7. The van der Waals surface area contributed by atoms with E-state index in [1.165, 1.54) is 0 Å². The molecule has 0 aliphatic carbocycles. The maximum absolute atomic E-state index is 11.3. The number of benzene rings is 1. The second-order valence-electron chi connectivity index (χ2n) is 4.83. The highest BCUT2D eigenvalue weighted by Gasteiger charge is 2.17. The number of hydrogen-bond donors (Lipinski definition) is 3. The summed E-state index contributed by atoms with van der Waals surface area (Å²) in [6.07, 6.45) is -0.539. The lowest BCUT2D eigenvalue weighted by Crippen LogP contribution is -2.32. The van der Waals surface area contributed by atoms with Gasteiger partial charge < -0.3 is 25.2 Å². The molecule has 2 atom stereocenters. The summed E-state index contributed by atoms with van der Waals surface area (Å²) in [7, 11) is 1.55. The van der Waals surface area contributed by atoms with E-state index in [-0.39, 0.29) is 18.6 Å². The molecule has 2 rings (SSSR count). The molecule has 0 saturated heterocycles. The average Bonchev–Trinajstić information content (AvgIpc) is 2.44. The molecule has 6 nitrogen and oxygen atoms in total. The topological polar surface area (TPSA) is 79.8 Å². The van der Waals surface area contributed by atoms with E-state index in [9.17, 15) is 9.90 Å². The number of carbonyl (C=O) groups excluding carboxylic acids is 1. The molecular weight excluding hydrogens is 260 g/mol. The van der Waals surface area contributed by atoms with Crippen molar-refractivity contribution in [1.82, 2.24) is 5.32 Å². The predicted octanol–water partition coefficient (Wildman–Crippen LogP) is 0.675. The SMILES string of the molecule is COCC(O)CNC(C)c1ccc2c(c1)NC(=O)CO2. The molecule has 20 heavy (non-hydrogen) atoms. The van der Waals surface area contributed by atoms with Crippen molar-refractivity contribution in [3.63, 3.8) is 0 Å². The van der Waals surface area contributed by atoms with Crippen LogP contribution in [-0.4, -0.2) is 44.0 Å². The number of amides is 1. The van der Waals surface area contributed by atoms with Crippen molar-refractivity contribution < 1.29 is 19.4 Å². The number of ether oxygens (including phenoxy) is 2. The highest BCUT2D eigenvalue weighted by atomic mass is 16.5. The standard InChI is InChI=1S/C14H20N2O4/c1-9(15-6-11(17)7-19-2)10-3-4-13-12(5-10)16-14(18)8-20-13/h3-5,9,11,15,17H,6-8H2,1-2H3,(H,16,18). The summed E-state index contributed by atoms with van der Waals surface area (Å²) in [6.45, 7) is 2.79. The first-order chi connectivity index (χ1) is 9.60. The molecule has 0 saturated carbocycles. The lowest BCUT2D eigenvalue weighted by atomic mass is 10.1. The van der Waals surface area contributed by atoms with Crippen molar-refractivity contribution in [2.75, 3.05) is 32.2 Å². The summed E-state index contributed by atoms with van der Waals surface area (Å²) in [4.78, 5) is 11.3. The third kappa shape index (κ3) is 3.69. The smallest absolute Gasteiger partial charge is 0.262 e. The Balaban J connectivity index is 1.98. The van der Waals surface area contributed by atoms with Crippen molar-refractivity contribution in [2.45, 2.75) is 19.1 Å². The summed E-state index contributed by atoms with van der Waals surface area (Å²) in [5.41, 5.74) is 1.70. The van der Waals surface area contributed by atoms with Crippen LogP contribution in [-0.2, 0) is 9.53 Å². The van der Waals surface area contributed by atoms with Gasteiger partial charge in [0, 0.05) is 19.7 Å². The average molecular weight is 280 g/mol. The van der Waals surface area contributed by atoms with E-state index in [0.717, 1.165) is 5.56 Å². The van der Waals surface area contributed by atoms with Gasteiger partial charge in [0.1, 0.15) is 5.75 Å². The number of rotatable bonds is 6. The van der Waals surface area contributed by atoms with Crippen LogP contribution in [0.1, 0.15) is 18.5 Å². The minimum Gasteiger partial charge on any atom is -0.482 e. The highest BCUT2D eigenvalue weighted by molar-refractivity contribution is 5.95. The zero-order valence-corrected chi connectivity index (χ0v) is 11.7. The quantitative estimate of drug-likeness (QED) is 0.714. The lowest BCUT2D eigenvalue weighted by molar-refractivity contribution is -0.118. The van der Waals surface area contributed by atoms with E-state index >= 15 is 0 Å². The molecule has 0 bridgehead atoms. The van der Waals surface area contributed by atoms with E-state index in [1.54, 1.807) is 7.11 Å². The minimum absolute atomic E-state index is 0.0469. The number of aliphatic hydroxyl groups is 1. The second kappa shape index (κ2) is 6.69. The predicted molar refractivity (Wildman–Crippen MR) is 74.9 cm³/mol. The third-order valence-corrected chi connectivity index (χ3v) is 3.16. The monoisotopic (exact) mass is 280 g/mol. The molecule has 1 aliphatic heterocycles. The number of aliphatic hydroxyl groups excluding tert-OH is 1. The first-order valence-corrected chi connectivity index (χ1v) is 6.57. The van der Waals surface area contributed by atoms with Gasteiger partial charge in [-0.3, -0.25) is 4.79 Å². The van der Waals surface area contributed by atoms with E-state index in [4.69, 9.17) is 9.47 Å². The Morgan fingerprint density at radius 3 is 3.10 bits per heavy atom. The number of carbonyl (C=O) groups is 1. The highest BCUT2D eigenvalue weighted by Crippen LogP contribution is 2.30. The fourth-order valence-electron chi connectivity index (χ4n) is 2.05. The number of hydrogen-bond acceptors (Lipinski definition) is 5. The first kappa shape index (κ1) is 14.8. The Bertz CT molecular complexity index is 478. The van der Waals surface area contributed by atoms with Crippen LogP contribution in [0, 0.1) is 0 Å². The molecule has 0 fully saturated rings. The Morgan fingerprint density at radius 1 is 1.55 bits per heavy atom. The molecular formula is C14H20N2O4. The van der Waals surface area contributed by atoms with E-state index in [0.29, 0.717) is 24.6 Å². The molecule has 0 aromatic heterocycles. The van der Waals surface area contributed by atoms with Gasteiger partial charge in [0.05, 0.1) is 18.4 Å². The fourth-order valence-corrected chi connectivity index (χ4v) is 2.05. The Kier molecular flexibility index (Phi) is 4.94. The van der Waals surface area contributed by atoms with Crippen molar-refractivity contribution in [1.29, 1.82) is 0 Å². The molecule has 1 amide bonds. The Hall–Kier alpha value is -1.63. The van der Waals surface area contributed by atoms with Crippen LogP contribution in [0.25, 0.3) is 0 Å². The third-order valence-electron chi connectivity index (χ3n) is 3.16. The van der Waals surface area contributed by atoms with Crippen LogP contribution in [0.5, 0.6) is 5.75 Å². The summed E-state index contributed by atoms with van der Waals surface area (Å²) >= 11 is 0. The molecule has 110 valence electrons. The molecule has 0 radical (unpaired) electrons. The van der Waals surface area contributed by atoms with Gasteiger partial charge in [-0.15, -0.1) is 0 Å². The van der Waals surface area contributed by atoms with Crippen molar-refractivity contribution >= 4 is 11.6 Å². The van der Waals surface area contributed by atoms with Gasteiger partial charge in [-0.1, -0.05) is 6.07 Å². The lowest BCUT2D eigenvalue weighted by Gasteiger charge is -2.21. The van der Waals surface area contributed by atoms with E-state index in [1.807, 2.05) is 25.1 Å². The fraction of sp³-hybridized carbons (Fsp3) is 0.500. The van der Waals surface area contributed by atoms with Crippen LogP contribution < -0.4 is 15.4 Å². The van der Waals surface area contributed by atoms with Crippen LogP contribution in [0.2, 0.25) is 0 Å². The molecule has 2 unspecified atom stereocenters. The Morgan fingerprint density at radius 2 is 2.35 bits per heavy atom. The van der Waals surface area contributed by atoms with Crippen LogP contribution in [0.4, 0.5) is 5.69 Å². The summed E-state index contributed by atoms with van der Waals surface area (Å²) in [5, 5.41) is 15.6. The van der Waals surface area contributed by atoms with Crippen molar-refractivity contribution in [2.24, 2.45) is 0 Å². The maximum atomic E-state index is 11.3. The van der Waals surface area contributed by atoms with E-state index < -0.39 is 6.10 Å². The van der Waals surface area contributed by atoms with Crippen molar-refractivity contribution in [3.8, 4) is 5.75 Å². The zero-order chi connectivity index (χ0) is 14.5. The van der Waals surface area contributed by atoms with Gasteiger partial charge in [0.15, 0.2) is 6.61 Å². The largest absolute Gasteiger partial charge is 0.482 e. The van der Waals surface area contributed by atoms with E-state index in [2.05, 4.69) is 10.6 Å². The number of anilines is 1. The van der Waals surface area contributed by atoms with Crippen molar-refractivity contribution in [3.05, 3.63) is 23.8 Å². The molecule has 1 aromatic rings. The summed E-state index contributed by atoms with van der Waals surface area (Å²) in [5.74, 6) is 0.533. The normalized spacial score (nSPS) is 16.9. The van der Waals surface area contributed by atoms with Crippen LogP contribution in [0.3, 0.4) is 0 Å². The van der Waals surface area contributed by atoms with Gasteiger partial charge in [0.2, 0.25) is 0 Å². The number of fused-ring (bicyclic) bond motifs is 1. The van der Waals surface area contributed by atoms with Gasteiger partial charge in [-0.05, 0) is 24.6 Å². The number of methoxy groups -OCH3 is 1. The molecule has 1 heterocycles. The Labute approximate surface area is 118 Å². The maximum Gasteiger partial charge on any atom is 0.262 e. The summed E-state index contributed by atoms with van der Waals surface area (Å²) < 4.78 is 10.2. The summed E-state index contributed by atoms with van der Waals surface area (Å²) in [6, 6.07) is 5.71. The minimum atomic E-state index is -0.539. The molecule has 1 aliphatic rings.